The fraction of sp³-hybridized carbons (Fsp3) is 0.450. The van der Waals surface area contributed by atoms with Gasteiger partial charge in [0.1, 0.15) is 23.8 Å². The van der Waals surface area contributed by atoms with E-state index in [4.69, 9.17) is 9.47 Å². The van der Waals surface area contributed by atoms with Crippen LogP contribution in [0.15, 0.2) is 41.2 Å². The summed E-state index contributed by atoms with van der Waals surface area (Å²) in [5.74, 6) is 1.42. The van der Waals surface area contributed by atoms with Gasteiger partial charge in [0.15, 0.2) is 0 Å². The molecule has 28 heavy (non-hydrogen) atoms. The Morgan fingerprint density at radius 1 is 1.11 bits per heavy atom. The number of piperazine rings is 1. The van der Waals surface area contributed by atoms with Crippen LogP contribution < -0.4 is 15.0 Å². The van der Waals surface area contributed by atoms with Crippen molar-refractivity contribution >= 4 is 5.91 Å². The summed E-state index contributed by atoms with van der Waals surface area (Å²) in [4.78, 5) is 28.3. The van der Waals surface area contributed by atoms with E-state index in [-0.39, 0.29) is 11.5 Å². The molecule has 1 saturated heterocycles. The van der Waals surface area contributed by atoms with Crippen LogP contribution in [0.4, 0.5) is 0 Å². The maximum Gasteiger partial charge on any atom is 0.274 e. The number of carbonyl (C=O) groups excluding carboxylic acids is 1. The van der Waals surface area contributed by atoms with Crippen LogP contribution in [-0.2, 0) is 6.54 Å². The molecule has 2 heterocycles. The quantitative estimate of drug-likeness (QED) is 0.710. The van der Waals surface area contributed by atoms with Gasteiger partial charge in [0.05, 0.1) is 7.11 Å². The Hall–Kier alpha value is -2.87. The second kappa shape index (κ2) is 9.36. The third-order valence-electron chi connectivity index (χ3n) is 4.76. The lowest BCUT2D eigenvalue weighted by Crippen LogP contribution is -2.49. The Morgan fingerprint density at radius 3 is 2.57 bits per heavy atom. The fourth-order valence-electron chi connectivity index (χ4n) is 3.11. The predicted molar refractivity (Wildman–Crippen MR) is 105 cm³/mol. The van der Waals surface area contributed by atoms with E-state index in [2.05, 4.69) is 10.00 Å². The van der Waals surface area contributed by atoms with Crippen LogP contribution in [-0.4, -0.2) is 71.9 Å². The summed E-state index contributed by atoms with van der Waals surface area (Å²) < 4.78 is 12.3. The first-order valence-electron chi connectivity index (χ1n) is 9.47. The SMILES string of the molecule is CCn1nc(C(=O)N2CCN(CCOc3cccc(OC)c3)CC2)ccc1=O. The van der Waals surface area contributed by atoms with E-state index in [1.165, 1.54) is 16.8 Å². The van der Waals surface area contributed by atoms with Gasteiger partial charge in [-0.05, 0) is 25.1 Å². The van der Waals surface area contributed by atoms with Crippen LogP contribution in [0.25, 0.3) is 0 Å². The molecule has 0 aliphatic carbocycles. The van der Waals surface area contributed by atoms with Gasteiger partial charge in [-0.3, -0.25) is 14.5 Å². The Labute approximate surface area is 164 Å². The van der Waals surface area contributed by atoms with E-state index >= 15 is 0 Å². The van der Waals surface area contributed by atoms with Crippen molar-refractivity contribution in [2.45, 2.75) is 13.5 Å². The second-order valence-corrected chi connectivity index (χ2v) is 6.53. The van der Waals surface area contributed by atoms with Gasteiger partial charge in [-0.15, -0.1) is 0 Å². The number of nitrogens with zero attached hydrogens (tertiary/aromatic N) is 4. The van der Waals surface area contributed by atoms with Crippen molar-refractivity contribution in [3.63, 3.8) is 0 Å². The smallest absolute Gasteiger partial charge is 0.274 e. The molecule has 0 unspecified atom stereocenters. The van der Waals surface area contributed by atoms with Crippen LogP contribution in [0, 0.1) is 0 Å². The third kappa shape index (κ3) is 4.89. The minimum absolute atomic E-state index is 0.130. The number of ether oxygens (including phenoxy) is 2. The number of hydrogen-bond donors (Lipinski definition) is 0. The largest absolute Gasteiger partial charge is 0.497 e. The van der Waals surface area contributed by atoms with E-state index in [9.17, 15) is 9.59 Å². The Morgan fingerprint density at radius 2 is 1.86 bits per heavy atom. The van der Waals surface area contributed by atoms with Gasteiger partial charge in [-0.25, -0.2) is 4.68 Å². The van der Waals surface area contributed by atoms with Crippen LogP contribution in [0.2, 0.25) is 0 Å². The molecule has 1 amide bonds. The maximum absolute atomic E-state index is 12.6. The molecular weight excluding hydrogens is 360 g/mol. The van der Waals surface area contributed by atoms with Gasteiger partial charge in [0, 0.05) is 51.4 Å². The highest BCUT2D eigenvalue weighted by atomic mass is 16.5. The highest BCUT2D eigenvalue weighted by molar-refractivity contribution is 5.92. The molecule has 150 valence electrons. The lowest BCUT2D eigenvalue weighted by atomic mass is 10.2. The third-order valence-corrected chi connectivity index (χ3v) is 4.76. The molecule has 1 aromatic carbocycles. The fourth-order valence-corrected chi connectivity index (χ4v) is 3.11. The number of rotatable bonds is 7. The number of aryl methyl sites for hydroxylation is 1. The summed E-state index contributed by atoms with van der Waals surface area (Å²) in [7, 11) is 1.63. The van der Waals surface area contributed by atoms with E-state index in [1.807, 2.05) is 31.2 Å². The molecule has 8 heteroatoms. The average Bonchev–Trinajstić information content (AvgIpc) is 2.74. The topological polar surface area (TPSA) is 76.9 Å². The maximum atomic E-state index is 12.6. The number of aromatic nitrogens is 2. The summed E-state index contributed by atoms with van der Waals surface area (Å²) in [5, 5.41) is 4.15. The highest BCUT2D eigenvalue weighted by Gasteiger charge is 2.23. The second-order valence-electron chi connectivity index (χ2n) is 6.53. The molecule has 3 rings (SSSR count). The molecule has 0 N–H and O–H groups in total. The van der Waals surface area contributed by atoms with Crippen molar-refractivity contribution < 1.29 is 14.3 Å². The van der Waals surface area contributed by atoms with Crippen LogP contribution in [0.1, 0.15) is 17.4 Å². The molecule has 8 nitrogen and oxygen atoms in total. The van der Waals surface area contributed by atoms with Crippen LogP contribution in [0.5, 0.6) is 11.5 Å². The normalized spacial score (nSPS) is 14.7. The van der Waals surface area contributed by atoms with Crippen LogP contribution in [0.3, 0.4) is 0 Å². The monoisotopic (exact) mass is 386 g/mol. The summed E-state index contributed by atoms with van der Waals surface area (Å²) in [5.41, 5.74) is 0.121. The van der Waals surface area contributed by atoms with Gasteiger partial charge in [-0.1, -0.05) is 6.07 Å². The number of methoxy groups -OCH3 is 1. The summed E-state index contributed by atoms with van der Waals surface area (Å²) in [6, 6.07) is 10.4. The summed E-state index contributed by atoms with van der Waals surface area (Å²) >= 11 is 0. The van der Waals surface area contributed by atoms with Gasteiger partial charge >= 0.3 is 0 Å². The number of benzene rings is 1. The highest BCUT2D eigenvalue weighted by Crippen LogP contribution is 2.18. The zero-order chi connectivity index (χ0) is 19.9. The van der Waals surface area contributed by atoms with Crippen LogP contribution >= 0.6 is 0 Å². The number of amides is 1. The van der Waals surface area contributed by atoms with Gasteiger partial charge < -0.3 is 14.4 Å². The summed E-state index contributed by atoms with van der Waals surface area (Å²) in [6.07, 6.45) is 0. The lowest BCUT2D eigenvalue weighted by Gasteiger charge is -2.34. The molecule has 1 fully saturated rings. The number of hydrogen-bond acceptors (Lipinski definition) is 6. The molecule has 1 aliphatic rings. The van der Waals surface area contributed by atoms with E-state index < -0.39 is 0 Å². The minimum Gasteiger partial charge on any atom is -0.497 e. The molecule has 1 aliphatic heterocycles. The van der Waals surface area contributed by atoms with Gasteiger partial charge in [-0.2, -0.15) is 5.10 Å². The standard InChI is InChI=1S/C20H26N4O4/c1-3-24-19(25)8-7-18(21-24)20(26)23-11-9-22(10-12-23)13-14-28-17-6-4-5-16(15-17)27-2/h4-8,15H,3,9-14H2,1-2H3. The zero-order valence-corrected chi connectivity index (χ0v) is 16.3. The average molecular weight is 386 g/mol. The van der Waals surface area contributed by atoms with Crippen molar-refractivity contribution in [1.82, 2.24) is 19.6 Å². The van der Waals surface area contributed by atoms with Crippen molar-refractivity contribution in [2.24, 2.45) is 0 Å². The Kier molecular flexibility index (Phi) is 6.65. The first-order valence-corrected chi connectivity index (χ1v) is 9.47. The van der Waals surface area contributed by atoms with E-state index in [0.29, 0.717) is 31.9 Å². The molecule has 1 aromatic heterocycles. The first-order chi connectivity index (χ1) is 13.6. The Balaban J connectivity index is 1.46. The molecule has 0 saturated carbocycles. The van der Waals surface area contributed by atoms with Crippen molar-refractivity contribution in [2.75, 3.05) is 46.4 Å². The predicted octanol–water partition coefficient (Wildman–Crippen LogP) is 1.11. The zero-order valence-electron chi connectivity index (χ0n) is 16.3. The number of carbonyl (C=O) groups is 1. The molecule has 0 spiro atoms. The van der Waals surface area contributed by atoms with Crippen molar-refractivity contribution in [3.05, 3.63) is 52.4 Å². The minimum atomic E-state index is -0.195. The van der Waals surface area contributed by atoms with E-state index in [0.717, 1.165) is 31.1 Å². The molecule has 0 atom stereocenters. The van der Waals surface area contributed by atoms with Crippen molar-refractivity contribution in [1.29, 1.82) is 0 Å². The molecule has 0 bridgehead atoms. The van der Waals surface area contributed by atoms with E-state index in [1.54, 1.807) is 12.0 Å². The molecular formula is C20H26N4O4. The van der Waals surface area contributed by atoms with Gasteiger partial charge in [0.25, 0.3) is 11.5 Å². The lowest BCUT2D eigenvalue weighted by molar-refractivity contribution is 0.0612. The first kappa shape index (κ1) is 19.9. The molecule has 0 radical (unpaired) electrons. The van der Waals surface area contributed by atoms with Crippen molar-refractivity contribution in [3.8, 4) is 11.5 Å². The summed E-state index contributed by atoms with van der Waals surface area (Å²) in [6.45, 7) is 6.45. The Bertz CT molecular complexity index is 859. The van der Waals surface area contributed by atoms with Gasteiger partial charge in [0.2, 0.25) is 0 Å². The molecule has 2 aromatic rings.